The van der Waals surface area contributed by atoms with Crippen LogP contribution in [0.4, 0.5) is 13.2 Å². The normalized spacial score (nSPS) is 34.6. The average molecular weight is 390 g/mol. The Hall–Kier alpha value is -1.33. The Morgan fingerprint density at radius 2 is 2.15 bits per heavy atom. The molecule has 0 aliphatic carbocycles. The number of aliphatic hydroxyl groups is 1. The van der Waals surface area contributed by atoms with Gasteiger partial charge in [0.15, 0.2) is 0 Å². The third-order valence-electron chi connectivity index (χ3n) is 5.07. The number of nitrogens with zero attached hydrogens (tertiary/aromatic N) is 1. The van der Waals surface area contributed by atoms with E-state index in [1.807, 2.05) is 20.2 Å². The molecule has 3 aliphatic rings. The largest absolute Gasteiger partial charge is 0.425 e. The van der Waals surface area contributed by atoms with E-state index < -0.39 is 22.8 Å². The molecule has 10 heteroatoms. The lowest BCUT2D eigenvalue weighted by molar-refractivity contribution is -0.134. The van der Waals surface area contributed by atoms with Crippen molar-refractivity contribution >= 4 is 11.3 Å². The predicted molar refractivity (Wildman–Crippen MR) is 89.6 cm³/mol. The van der Waals surface area contributed by atoms with Crippen LogP contribution in [0.15, 0.2) is 18.0 Å². The molecule has 1 saturated heterocycles. The van der Waals surface area contributed by atoms with Crippen LogP contribution in [-0.2, 0) is 16.5 Å². The lowest BCUT2D eigenvalue weighted by Crippen LogP contribution is -2.55. The number of nitrogens with one attached hydrogen (secondary N) is 3. The lowest BCUT2D eigenvalue weighted by Gasteiger charge is -2.47. The fourth-order valence-electron chi connectivity index (χ4n) is 4.02. The van der Waals surface area contributed by atoms with Gasteiger partial charge in [0.2, 0.25) is 0 Å². The number of rotatable bonds is 1. The van der Waals surface area contributed by atoms with Crippen LogP contribution in [-0.4, -0.2) is 35.9 Å². The van der Waals surface area contributed by atoms with Crippen LogP contribution in [0.3, 0.4) is 0 Å². The first-order chi connectivity index (χ1) is 12.2. The molecular weight excluding hydrogens is 369 g/mol. The molecule has 1 aromatic heterocycles. The van der Waals surface area contributed by atoms with Crippen molar-refractivity contribution in [3.05, 3.63) is 33.3 Å². The van der Waals surface area contributed by atoms with Crippen LogP contribution in [0.1, 0.15) is 41.2 Å². The van der Waals surface area contributed by atoms with Crippen LogP contribution in [0.5, 0.6) is 0 Å². The number of alkyl halides is 3. The summed E-state index contributed by atoms with van der Waals surface area (Å²) in [5.41, 5.74) is 6.45. The Kier molecular flexibility index (Phi) is 4.23. The Balaban J connectivity index is 1.73. The van der Waals surface area contributed by atoms with Crippen molar-refractivity contribution in [2.24, 2.45) is 0 Å². The van der Waals surface area contributed by atoms with Crippen LogP contribution >= 0.6 is 11.3 Å². The summed E-state index contributed by atoms with van der Waals surface area (Å²) in [7, 11) is 1.85. The van der Waals surface area contributed by atoms with E-state index in [0.717, 1.165) is 11.8 Å². The SMILES string of the molecule is C[C@H]1C[C@@]2(C[C@@H](C3=CN(C)NN3)N1)OCC(O)c1cc(C(F)(F)F)sc12. The number of hydrazine groups is 2. The molecule has 1 aromatic rings. The molecule has 0 aromatic carbocycles. The van der Waals surface area contributed by atoms with E-state index in [2.05, 4.69) is 16.3 Å². The van der Waals surface area contributed by atoms with Gasteiger partial charge in [-0.3, -0.25) is 5.01 Å². The highest BCUT2D eigenvalue weighted by molar-refractivity contribution is 7.12. The topological polar surface area (TPSA) is 68.8 Å². The van der Waals surface area contributed by atoms with E-state index in [0.29, 0.717) is 34.6 Å². The highest BCUT2D eigenvalue weighted by atomic mass is 32.1. The molecule has 3 aliphatic heterocycles. The van der Waals surface area contributed by atoms with Crippen molar-refractivity contribution in [1.82, 2.24) is 21.3 Å². The van der Waals surface area contributed by atoms with E-state index in [1.54, 1.807) is 5.01 Å². The van der Waals surface area contributed by atoms with Crippen molar-refractivity contribution in [2.75, 3.05) is 13.7 Å². The molecule has 1 spiro atoms. The third-order valence-corrected chi connectivity index (χ3v) is 6.45. The lowest BCUT2D eigenvalue weighted by atomic mass is 9.78. The molecule has 1 unspecified atom stereocenters. The van der Waals surface area contributed by atoms with Gasteiger partial charge < -0.3 is 20.6 Å². The number of hydrogen-bond donors (Lipinski definition) is 4. The van der Waals surface area contributed by atoms with Gasteiger partial charge in [-0.1, -0.05) is 0 Å². The summed E-state index contributed by atoms with van der Waals surface area (Å²) >= 11 is 0.695. The minimum Gasteiger partial charge on any atom is -0.386 e. The maximum atomic E-state index is 13.2. The Morgan fingerprint density at radius 1 is 1.38 bits per heavy atom. The maximum Gasteiger partial charge on any atom is 0.425 e. The Bertz CT molecular complexity index is 738. The first-order valence-electron chi connectivity index (χ1n) is 8.44. The molecule has 4 heterocycles. The fourth-order valence-corrected chi connectivity index (χ4v) is 5.26. The maximum absolute atomic E-state index is 13.2. The first-order valence-corrected chi connectivity index (χ1v) is 9.25. The molecule has 4 atom stereocenters. The quantitative estimate of drug-likeness (QED) is 0.588. The number of fused-ring (bicyclic) bond motifs is 2. The summed E-state index contributed by atoms with van der Waals surface area (Å²) in [6.45, 7) is 2.00. The van der Waals surface area contributed by atoms with E-state index in [4.69, 9.17) is 4.74 Å². The monoisotopic (exact) mass is 390 g/mol. The second-order valence-corrected chi connectivity index (χ2v) is 8.23. The summed E-state index contributed by atoms with van der Waals surface area (Å²) in [4.78, 5) is -0.185. The van der Waals surface area contributed by atoms with Crippen molar-refractivity contribution in [1.29, 1.82) is 0 Å². The molecule has 4 N–H and O–H groups in total. The molecule has 6 nitrogen and oxygen atoms in total. The van der Waals surface area contributed by atoms with Gasteiger partial charge in [-0.05, 0) is 19.4 Å². The van der Waals surface area contributed by atoms with Crippen molar-refractivity contribution in [3.8, 4) is 0 Å². The molecule has 1 fully saturated rings. The van der Waals surface area contributed by atoms with Crippen LogP contribution in [0.25, 0.3) is 0 Å². The van der Waals surface area contributed by atoms with Gasteiger partial charge in [-0.15, -0.1) is 16.9 Å². The minimum atomic E-state index is -4.43. The third kappa shape index (κ3) is 2.99. The average Bonchev–Trinajstić information content (AvgIpc) is 3.18. The molecule has 0 amide bonds. The van der Waals surface area contributed by atoms with Gasteiger partial charge in [0.1, 0.15) is 16.6 Å². The zero-order valence-corrected chi connectivity index (χ0v) is 15.2. The van der Waals surface area contributed by atoms with E-state index in [-0.39, 0.29) is 18.7 Å². The van der Waals surface area contributed by atoms with E-state index in [1.165, 1.54) is 0 Å². The smallest absolute Gasteiger partial charge is 0.386 e. The fraction of sp³-hybridized carbons (Fsp3) is 0.625. The number of aliphatic hydroxyl groups excluding tert-OH is 1. The molecule has 144 valence electrons. The molecule has 0 bridgehead atoms. The van der Waals surface area contributed by atoms with Crippen LogP contribution < -0.4 is 16.3 Å². The number of halogens is 3. The van der Waals surface area contributed by atoms with Crippen molar-refractivity contribution in [3.63, 3.8) is 0 Å². The number of thiophene rings is 1. The van der Waals surface area contributed by atoms with Crippen molar-refractivity contribution < 1.29 is 23.0 Å². The van der Waals surface area contributed by atoms with Crippen LogP contribution in [0, 0.1) is 0 Å². The van der Waals surface area contributed by atoms with Gasteiger partial charge in [0.05, 0.1) is 18.3 Å². The summed E-state index contributed by atoms with van der Waals surface area (Å²) in [5, 5.41) is 15.4. The standard InChI is InChI=1S/C16H21F3N4O2S/c1-8-4-15(5-10(20-8)11-6-23(2)22-21-11)14-9(12(24)7-25-15)3-13(26-14)16(17,18)19/h3,6,8,10,12,20-22,24H,4-5,7H2,1-2H3/t8-,10-,12?,15-/m0/s1. The van der Waals surface area contributed by atoms with Gasteiger partial charge in [0, 0.05) is 36.2 Å². The van der Waals surface area contributed by atoms with Gasteiger partial charge in [-0.2, -0.15) is 13.2 Å². The second kappa shape index (κ2) is 6.10. The summed E-state index contributed by atoms with van der Waals surface area (Å²) in [6, 6.07) is 1.02. The Labute approximate surface area is 152 Å². The summed E-state index contributed by atoms with van der Waals surface area (Å²) < 4.78 is 45.7. The van der Waals surface area contributed by atoms with E-state index in [9.17, 15) is 18.3 Å². The van der Waals surface area contributed by atoms with Gasteiger partial charge in [0.25, 0.3) is 0 Å². The summed E-state index contributed by atoms with van der Waals surface area (Å²) in [6.07, 6.45) is -2.51. The highest BCUT2D eigenvalue weighted by Gasteiger charge is 2.50. The number of hydrogen-bond acceptors (Lipinski definition) is 7. The molecule has 0 saturated carbocycles. The minimum absolute atomic E-state index is 0.00506. The van der Waals surface area contributed by atoms with E-state index >= 15 is 0 Å². The van der Waals surface area contributed by atoms with Crippen molar-refractivity contribution in [2.45, 2.75) is 49.7 Å². The predicted octanol–water partition coefficient (Wildman–Crippen LogP) is 1.96. The number of ether oxygens (including phenoxy) is 1. The molecule has 0 radical (unpaired) electrons. The molecule has 4 rings (SSSR count). The second-order valence-electron chi connectivity index (χ2n) is 7.17. The zero-order chi connectivity index (χ0) is 18.7. The Morgan fingerprint density at radius 3 is 2.81 bits per heavy atom. The zero-order valence-electron chi connectivity index (χ0n) is 14.4. The van der Waals surface area contributed by atoms with Gasteiger partial charge in [-0.25, -0.2) is 0 Å². The highest BCUT2D eigenvalue weighted by Crippen LogP contribution is 2.51. The van der Waals surface area contributed by atoms with Crippen LogP contribution in [0.2, 0.25) is 0 Å². The first kappa shape index (κ1) is 18.1. The van der Waals surface area contributed by atoms with Gasteiger partial charge >= 0.3 is 6.18 Å². The number of piperidine rings is 1. The molecule has 26 heavy (non-hydrogen) atoms. The molecular formula is C16H21F3N4O2S. The summed E-state index contributed by atoms with van der Waals surface area (Å²) in [5.74, 6) is 0.